The fourth-order valence-corrected chi connectivity index (χ4v) is 5.26. The molecule has 1 heterocycles. The normalized spacial score (nSPS) is 18.4. The second-order valence-corrected chi connectivity index (χ2v) is 10.3. The number of nitrogens with one attached hydrogen (secondary N) is 1. The maximum atomic E-state index is 14.1. The van der Waals surface area contributed by atoms with Crippen LogP contribution in [-0.2, 0) is 10.0 Å². The van der Waals surface area contributed by atoms with Gasteiger partial charge in [0.15, 0.2) is 0 Å². The third-order valence-corrected chi connectivity index (χ3v) is 7.57. The minimum absolute atomic E-state index is 0.000222. The van der Waals surface area contributed by atoms with E-state index in [1.165, 1.54) is 0 Å². The van der Waals surface area contributed by atoms with Crippen LogP contribution in [0.3, 0.4) is 0 Å². The smallest absolute Gasteiger partial charge is 0.391 e. The van der Waals surface area contributed by atoms with Crippen LogP contribution in [0.15, 0.2) is 52.1 Å². The summed E-state index contributed by atoms with van der Waals surface area (Å²) in [5, 5.41) is 8.52. The number of benzene rings is 2. The zero-order valence-electron chi connectivity index (χ0n) is 19.4. The lowest BCUT2D eigenvalue weighted by atomic mass is 9.78. The van der Waals surface area contributed by atoms with Crippen LogP contribution in [0.1, 0.15) is 47.5 Å². The Kier molecular flexibility index (Phi) is 7.18. The Morgan fingerprint density at radius 2 is 1.78 bits per heavy atom. The van der Waals surface area contributed by atoms with Crippen molar-refractivity contribution in [2.24, 2.45) is 5.92 Å². The molecule has 3 aromatic rings. The average molecular weight is 543 g/mol. The van der Waals surface area contributed by atoms with Gasteiger partial charge < -0.3 is 14.3 Å². The molecular formula is C24H22F4N2O6S. The van der Waals surface area contributed by atoms with Crippen molar-refractivity contribution < 1.29 is 45.0 Å². The molecule has 1 aliphatic carbocycles. The number of carboxylic acids is 1. The Labute approximate surface area is 209 Å². The van der Waals surface area contributed by atoms with Gasteiger partial charge in [0.05, 0.1) is 24.3 Å². The predicted octanol–water partition coefficient (Wildman–Crippen LogP) is 5.82. The molecule has 0 bridgehead atoms. The molecule has 0 saturated heterocycles. The zero-order valence-corrected chi connectivity index (χ0v) is 20.2. The quantitative estimate of drug-likeness (QED) is 0.361. The number of alkyl halides is 3. The standard InChI is InChI=1S/C24H22F4N2O6S/c1-35-20-10-17(23(31)32)18(25)11-19(20)30-37(33,34)21-12-36-22(29-21)15-4-2-13(3-5-15)14-6-8-16(9-7-14)24(26,27)28/h2-5,10-12,14,16,30H,6-9H2,1H3,(H,31,32)/t14-,16+. The Balaban J connectivity index is 1.49. The zero-order chi connectivity index (χ0) is 27.0. The van der Waals surface area contributed by atoms with Gasteiger partial charge in [0.1, 0.15) is 17.8 Å². The molecule has 2 aromatic carbocycles. The highest BCUT2D eigenvalue weighted by Crippen LogP contribution is 2.43. The Hall–Kier alpha value is -3.61. The largest absolute Gasteiger partial charge is 0.495 e. The molecule has 0 radical (unpaired) electrons. The van der Waals surface area contributed by atoms with E-state index in [0.717, 1.165) is 25.0 Å². The number of ether oxygens (including phenoxy) is 1. The average Bonchev–Trinajstić information content (AvgIpc) is 3.35. The van der Waals surface area contributed by atoms with E-state index in [2.05, 4.69) is 9.71 Å². The van der Waals surface area contributed by atoms with Gasteiger partial charge in [0.2, 0.25) is 10.9 Å². The number of sulfonamides is 1. The molecule has 1 aliphatic rings. The summed E-state index contributed by atoms with van der Waals surface area (Å²) in [7, 11) is -3.20. The number of methoxy groups -OCH3 is 1. The van der Waals surface area contributed by atoms with Crippen LogP contribution in [0.5, 0.6) is 5.75 Å². The molecule has 8 nitrogen and oxygen atoms in total. The van der Waals surface area contributed by atoms with E-state index in [1.807, 2.05) is 0 Å². The maximum Gasteiger partial charge on any atom is 0.391 e. The van der Waals surface area contributed by atoms with E-state index < -0.39 is 44.5 Å². The van der Waals surface area contributed by atoms with Gasteiger partial charge in [0, 0.05) is 11.6 Å². The number of carboxylic acid groups (broad SMARTS) is 1. The number of halogens is 4. The summed E-state index contributed by atoms with van der Waals surface area (Å²) in [5.41, 5.74) is 0.299. The SMILES string of the molecule is COc1cc(C(=O)O)c(F)cc1NS(=O)(=O)c1coc(-c2ccc([C@H]3CC[C@@H](C(F)(F)F)CC3)cc2)n1. The highest BCUT2D eigenvalue weighted by atomic mass is 32.2. The van der Waals surface area contributed by atoms with E-state index in [1.54, 1.807) is 24.3 Å². The van der Waals surface area contributed by atoms with Crippen LogP contribution >= 0.6 is 0 Å². The summed E-state index contributed by atoms with van der Waals surface area (Å²) in [6.45, 7) is 0. The molecular weight excluding hydrogens is 520 g/mol. The summed E-state index contributed by atoms with van der Waals surface area (Å²) in [6, 6.07) is 8.32. The summed E-state index contributed by atoms with van der Waals surface area (Å²) in [4.78, 5) is 15.1. The van der Waals surface area contributed by atoms with Crippen molar-refractivity contribution in [3.05, 3.63) is 59.6 Å². The second-order valence-electron chi connectivity index (χ2n) is 8.65. The minimum atomic E-state index is -4.37. The molecule has 2 N–H and O–H groups in total. The Morgan fingerprint density at radius 1 is 1.14 bits per heavy atom. The van der Waals surface area contributed by atoms with Crippen molar-refractivity contribution in [2.45, 2.75) is 42.8 Å². The molecule has 13 heteroatoms. The topological polar surface area (TPSA) is 119 Å². The lowest BCUT2D eigenvalue weighted by Crippen LogP contribution is -2.27. The molecule has 1 fully saturated rings. The van der Waals surface area contributed by atoms with E-state index >= 15 is 0 Å². The number of nitrogens with zero attached hydrogens (tertiary/aromatic N) is 1. The van der Waals surface area contributed by atoms with Crippen molar-refractivity contribution in [1.82, 2.24) is 4.98 Å². The van der Waals surface area contributed by atoms with Crippen molar-refractivity contribution in [3.8, 4) is 17.2 Å². The first-order chi connectivity index (χ1) is 17.4. The van der Waals surface area contributed by atoms with E-state index in [-0.39, 0.29) is 36.1 Å². The van der Waals surface area contributed by atoms with Gasteiger partial charge in [-0.3, -0.25) is 4.72 Å². The summed E-state index contributed by atoms with van der Waals surface area (Å²) < 4.78 is 90.8. The van der Waals surface area contributed by atoms with Gasteiger partial charge in [0.25, 0.3) is 10.0 Å². The third kappa shape index (κ3) is 5.71. The Morgan fingerprint density at radius 3 is 2.35 bits per heavy atom. The number of rotatable bonds is 7. The third-order valence-electron chi connectivity index (χ3n) is 6.34. The monoisotopic (exact) mass is 542 g/mol. The molecule has 0 atom stereocenters. The first-order valence-electron chi connectivity index (χ1n) is 11.1. The van der Waals surface area contributed by atoms with Crippen molar-refractivity contribution in [1.29, 1.82) is 0 Å². The maximum absolute atomic E-state index is 14.1. The van der Waals surface area contributed by atoms with Crippen LogP contribution in [0.4, 0.5) is 23.2 Å². The number of carbonyl (C=O) groups is 1. The van der Waals surface area contributed by atoms with Crippen LogP contribution in [-0.4, -0.2) is 37.8 Å². The van der Waals surface area contributed by atoms with E-state index in [9.17, 15) is 30.8 Å². The first kappa shape index (κ1) is 26.5. The molecule has 1 saturated carbocycles. The number of anilines is 1. The fourth-order valence-electron chi connectivity index (χ4n) is 4.33. The number of hydrogen-bond donors (Lipinski definition) is 2. The van der Waals surface area contributed by atoms with Crippen LogP contribution in [0.25, 0.3) is 11.5 Å². The molecule has 0 unspecified atom stereocenters. The van der Waals surface area contributed by atoms with Crippen molar-refractivity contribution in [3.63, 3.8) is 0 Å². The van der Waals surface area contributed by atoms with Gasteiger partial charge in [-0.05, 0) is 55.4 Å². The van der Waals surface area contributed by atoms with Crippen molar-refractivity contribution in [2.75, 3.05) is 11.8 Å². The summed E-state index contributed by atoms with van der Waals surface area (Å²) in [6.07, 6.45) is -2.27. The molecule has 198 valence electrons. The number of oxazole rings is 1. The molecule has 0 spiro atoms. The van der Waals surface area contributed by atoms with Crippen LogP contribution in [0.2, 0.25) is 0 Å². The molecule has 0 aliphatic heterocycles. The lowest BCUT2D eigenvalue weighted by Gasteiger charge is -2.30. The minimum Gasteiger partial charge on any atom is -0.495 e. The highest BCUT2D eigenvalue weighted by molar-refractivity contribution is 7.92. The van der Waals surface area contributed by atoms with E-state index in [0.29, 0.717) is 24.5 Å². The van der Waals surface area contributed by atoms with Gasteiger partial charge in [-0.25, -0.2) is 9.18 Å². The van der Waals surface area contributed by atoms with Gasteiger partial charge >= 0.3 is 12.1 Å². The highest BCUT2D eigenvalue weighted by Gasteiger charge is 2.41. The summed E-state index contributed by atoms with van der Waals surface area (Å²) >= 11 is 0. The lowest BCUT2D eigenvalue weighted by molar-refractivity contribution is -0.182. The molecule has 37 heavy (non-hydrogen) atoms. The summed E-state index contributed by atoms with van der Waals surface area (Å²) in [5.74, 6) is -4.22. The number of aromatic carboxylic acids is 1. The van der Waals surface area contributed by atoms with Gasteiger partial charge in [-0.2, -0.15) is 26.6 Å². The molecule has 4 rings (SSSR count). The fraction of sp³-hybridized carbons (Fsp3) is 0.333. The number of aromatic nitrogens is 1. The van der Waals surface area contributed by atoms with Crippen molar-refractivity contribution >= 4 is 21.7 Å². The number of hydrogen-bond acceptors (Lipinski definition) is 6. The van der Waals surface area contributed by atoms with Gasteiger partial charge in [-0.1, -0.05) is 12.1 Å². The van der Waals surface area contributed by atoms with Gasteiger partial charge in [-0.15, -0.1) is 0 Å². The molecule has 1 aromatic heterocycles. The van der Waals surface area contributed by atoms with E-state index in [4.69, 9.17) is 14.3 Å². The first-order valence-corrected chi connectivity index (χ1v) is 12.6. The van der Waals surface area contributed by atoms with Crippen LogP contribution < -0.4 is 9.46 Å². The van der Waals surface area contributed by atoms with Crippen LogP contribution in [0, 0.1) is 11.7 Å². The Bertz CT molecular complexity index is 1400. The predicted molar refractivity (Wildman–Crippen MR) is 123 cm³/mol. The second kappa shape index (κ2) is 10.0. The molecule has 0 amide bonds.